The van der Waals surface area contributed by atoms with E-state index in [9.17, 15) is 4.79 Å². The number of nitrogens with one attached hydrogen (secondary N) is 1. The molecule has 0 aliphatic carbocycles. The third kappa shape index (κ3) is 5.07. The molecule has 0 fully saturated rings. The van der Waals surface area contributed by atoms with Gasteiger partial charge in [-0.3, -0.25) is 4.79 Å². The van der Waals surface area contributed by atoms with Crippen molar-refractivity contribution >= 4 is 16.9 Å². The molecule has 0 aliphatic rings. The second kappa shape index (κ2) is 9.17. The lowest BCUT2D eigenvalue weighted by molar-refractivity contribution is -0.117. The smallest absolute Gasteiger partial charge is 0.246 e. The first-order valence-electron chi connectivity index (χ1n) is 9.57. The third-order valence-electron chi connectivity index (χ3n) is 4.67. The molecule has 0 unspecified atom stereocenters. The van der Waals surface area contributed by atoms with E-state index in [0.29, 0.717) is 12.1 Å². The highest BCUT2D eigenvalue weighted by Crippen LogP contribution is 2.19. The predicted molar refractivity (Wildman–Crippen MR) is 111 cm³/mol. The topological polar surface area (TPSA) is 46.9 Å². The average Bonchev–Trinajstić information content (AvgIpc) is 3.02. The van der Waals surface area contributed by atoms with Gasteiger partial charge in [0.25, 0.3) is 0 Å². The standard InChI is InChI=1S/C23H27N3O/c1-18(2)23(27)24-16-10-4-7-15-22-25-20-13-8-9-14-21(20)26(22)17-19-11-5-3-6-12-19/h3,5-6,8-9,11-14H,1,4,7,10,15-17H2,2H3,(H,24,27). The monoisotopic (exact) mass is 361 g/mol. The molecule has 0 aliphatic heterocycles. The molecule has 4 nitrogen and oxygen atoms in total. The maximum Gasteiger partial charge on any atom is 0.246 e. The fourth-order valence-electron chi connectivity index (χ4n) is 3.20. The average molecular weight is 361 g/mol. The van der Waals surface area contributed by atoms with Crippen molar-refractivity contribution in [2.75, 3.05) is 6.54 Å². The number of nitrogens with zero attached hydrogens (tertiary/aromatic N) is 2. The second-order valence-electron chi connectivity index (χ2n) is 6.94. The Morgan fingerprint density at radius 3 is 2.56 bits per heavy atom. The molecule has 1 N–H and O–H groups in total. The summed E-state index contributed by atoms with van der Waals surface area (Å²) in [7, 11) is 0. The van der Waals surface area contributed by atoms with Gasteiger partial charge in [0.2, 0.25) is 5.91 Å². The van der Waals surface area contributed by atoms with Gasteiger partial charge < -0.3 is 9.88 Å². The number of aryl methyl sites for hydroxylation is 1. The number of carbonyl (C=O) groups is 1. The highest BCUT2D eigenvalue weighted by molar-refractivity contribution is 5.92. The van der Waals surface area contributed by atoms with Crippen LogP contribution in [0.25, 0.3) is 11.0 Å². The van der Waals surface area contributed by atoms with Crippen LogP contribution in [0.2, 0.25) is 0 Å². The summed E-state index contributed by atoms with van der Waals surface area (Å²) in [6.45, 7) is 6.92. The van der Waals surface area contributed by atoms with E-state index >= 15 is 0 Å². The fraction of sp³-hybridized carbons (Fsp3) is 0.304. The molecule has 0 saturated heterocycles. The minimum Gasteiger partial charge on any atom is -0.352 e. The van der Waals surface area contributed by atoms with Crippen LogP contribution in [0.3, 0.4) is 0 Å². The number of imidazole rings is 1. The maximum atomic E-state index is 11.5. The molecule has 0 atom stereocenters. The molecule has 0 radical (unpaired) electrons. The molecular weight excluding hydrogens is 334 g/mol. The summed E-state index contributed by atoms with van der Waals surface area (Å²) >= 11 is 0. The first-order valence-corrected chi connectivity index (χ1v) is 9.57. The minimum absolute atomic E-state index is 0.0559. The van der Waals surface area contributed by atoms with Crippen molar-refractivity contribution < 1.29 is 4.79 Å². The van der Waals surface area contributed by atoms with E-state index in [1.54, 1.807) is 6.92 Å². The third-order valence-corrected chi connectivity index (χ3v) is 4.67. The van der Waals surface area contributed by atoms with Crippen LogP contribution in [-0.4, -0.2) is 22.0 Å². The van der Waals surface area contributed by atoms with Gasteiger partial charge >= 0.3 is 0 Å². The van der Waals surface area contributed by atoms with E-state index in [1.807, 2.05) is 12.1 Å². The molecule has 1 heterocycles. The molecule has 3 aromatic rings. The van der Waals surface area contributed by atoms with Crippen LogP contribution in [0.5, 0.6) is 0 Å². The van der Waals surface area contributed by atoms with E-state index < -0.39 is 0 Å². The van der Waals surface area contributed by atoms with Gasteiger partial charge in [0.05, 0.1) is 11.0 Å². The van der Waals surface area contributed by atoms with E-state index in [0.717, 1.165) is 43.6 Å². The molecule has 27 heavy (non-hydrogen) atoms. The summed E-state index contributed by atoms with van der Waals surface area (Å²) < 4.78 is 2.33. The van der Waals surface area contributed by atoms with Gasteiger partial charge in [0.1, 0.15) is 5.82 Å². The largest absolute Gasteiger partial charge is 0.352 e. The summed E-state index contributed by atoms with van der Waals surface area (Å²) in [5.41, 5.74) is 4.08. The van der Waals surface area contributed by atoms with Crippen molar-refractivity contribution in [3.05, 3.63) is 78.1 Å². The molecular formula is C23H27N3O. The van der Waals surface area contributed by atoms with Crippen molar-refractivity contribution in [3.8, 4) is 0 Å². The van der Waals surface area contributed by atoms with E-state index in [-0.39, 0.29) is 5.91 Å². The molecule has 3 rings (SSSR count). The molecule has 0 spiro atoms. The molecule has 4 heteroatoms. The lowest BCUT2D eigenvalue weighted by Gasteiger charge is -2.10. The number of aromatic nitrogens is 2. The van der Waals surface area contributed by atoms with Crippen LogP contribution in [-0.2, 0) is 17.8 Å². The van der Waals surface area contributed by atoms with Gasteiger partial charge in [0.15, 0.2) is 0 Å². The Balaban J connectivity index is 1.61. The zero-order chi connectivity index (χ0) is 19.1. The number of amides is 1. The highest BCUT2D eigenvalue weighted by atomic mass is 16.1. The number of hydrogen-bond donors (Lipinski definition) is 1. The Kier molecular flexibility index (Phi) is 6.42. The minimum atomic E-state index is -0.0559. The molecule has 140 valence electrons. The van der Waals surface area contributed by atoms with Crippen molar-refractivity contribution in [1.82, 2.24) is 14.9 Å². The summed E-state index contributed by atoms with van der Waals surface area (Å²) in [6.07, 6.45) is 4.03. The lowest BCUT2D eigenvalue weighted by atomic mass is 10.1. The zero-order valence-corrected chi connectivity index (χ0v) is 15.9. The summed E-state index contributed by atoms with van der Waals surface area (Å²) in [5.74, 6) is 1.07. The Bertz CT molecular complexity index is 912. The summed E-state index contributed by atoms with van der Waals surface area (Å²) in [4.78, 5) is 16.4. The van der Waals surface area contributed by atoms with Crippen LogP contribution < -0.4 is 5.32 Å². The van der Waals surface area contributed by atoms with Gasteiger partial charge in [-0.25, -0.2) is 4.98 Å². The number of benzene rings is 2. The Labute approximate surface area is 160 Å². The number of unbranched alkanes of at least 4 members (excludes halogenated alkanes) is 2. The van der Waals surface area contributed by atoms with Crippen LogP contribution in [0.15, 0.2) is 66.7 Å². The van der Waals surface area contributed by atoms with Gasteiger partial charge in [0, 0.05) is 25.1 Å². The number of carbonyl (C=O) groups excluding carboxylic acids is 1. The van der Waals surface area contributed by atoms with Crippen molar-refractivity contribution in [2.45, 2.75) is 39.2 Å². The van der Waals surface area contributed by atoms with E-state index in [1.165, 1.54) is 11.1 Å². The van der Waals surface area contributed by atoms with Crippen LogP contribution in [0.1, 0.15) is 37.6 Å². The lowest BCUT2D eigenvalue weighted by Crippen LogP contribution is -2.24. The Morgan fingerprint density at radius 2 is 1.78 bits per heavy atom. The molecule has 0 bridgehead atoms. The highest BCUT2D eigenvalue weighted by Gasteiger charge is 2.10. The van der Waals surface area contributed by atoms with Crippen molar-refractivity contribution in [2.24, 2.45) is 0 Å². The number of hydrogen-bond acceptors (Lipinski definition) is 2. The molecule has 1 amide bonds. The number of fused-ring (bicyclic) bond motifs is 1. The number of para-hydroxylation sites is 2. The SMILES string of the molecule is C=C(C)C(=O)NCCCCCc1nc2ccccc2n1Cc1ccccc1. The molecule has 2 aromatic carbocycles. The van der Waals surface area contributed by atoms with Gasteiger partial charge in [-0.05, 0) is 37.5 Å². The maximum absolute atomic E-state index is 11.5. The fourth-order valence-corrected chi connectivity index (χ4v) is 3.20. The predicted octanol–water partition coefficient (Wildman–Crippen LogP) is 4.49. The first kappa shape index (κ1) is 18.9. The Morgan fingerprint density at radius 1 is 1.04 bits per heavy atom. The normalized spacial score (nSPS) is 10.9. The van der Waals surface area contributed by atoms with Gasteiger partial charge in [-0.15, -0.1) is 0 Å². The zero-order valence-electron chi connectivity index (χ0n) is 15.9. The summed E-state index contributed by atoms with van der Waals surface area (Å²) in [6, 6.07) is 18.8. The number of rotatable bonds is 9. The quantitative estimate of drug-likeness (QED) is 0.451. The van der Waals surface area contributed by atoms with Crippen LogP contribution >= 0.6 is 0 Å². The van der Waals surface area contributed by atoms with Gasteiger partial charge in [-0.2, -0.15) is 0 Å². The molecule has 1 aromatic heterocycles. The van der Waals surface area contributed by atoms with E-state index in [2.05, 4.69) is 58.9 Å². The summed E-state index contributed by atoms with van der Waals surface area (Å²) in [5, 5.41) is 2.89. The first-order chi connectivity index (χ1) is 13.1. The second-order valence-corrected chi connectivity index (χ2v) is 6.94. The van der Waals surface area contributed by atoms with Gasteiger partial charge in [-0.1, -0.05) is 55.5 Å². The Hall–Kier alpha value is -2.88. The van der Waals surface area contributed by atoms with Crippen molar-refractivity contribution in [3.63, 3.8) is 0 Å². The van der Waals surface area contributed by atoms with E-state index in [4.69, 9.17) is 4.98 Å². The molecule has 0 saturated carbocycles. The van der Waals surface area contributed by atoms with Crippen LogP contribution in [0.4, 0.5) is 0 Å². The van der Waals surface area contributed by atoms with Crippen molar-refractivity contribution in [1.29, 1.82) is 0 Å². The van der Waals surface area contributed by atoms with Crippen LogP contribution in [0, 0.1) is 0 Å².